The Labute approximate surface area is 96.7 Å². The van der Waals surface area contributed by atoms with Crippen LogP contribution in [0.4, 0.5) is 0 Å². The summed E-state index contributed by atoms with van der Waals surface area (Å²) in [6.07, 6.45) is 4.95. The minimum absolute atomic E-state index is 0.00494. The summed E-state index contributed by atoms with van der Waals surface area (Å²) in [5.74, 6) is -1.10. The Hall–Kier alpha value is -2.37. The standard InChI is InChI=1S/C11H11N3O3/c15-10-8-9(11(16)17)2-5-13(10)6-7-14-4-1-3-12-14/h1-5,8H,6-7H2,(H,16,17). The molecule has 0 unspecified atom stereocenters. The quantitative estimate of drug-likeness (QED) is 0.831. The fourth-order valence-corrected chi connectivity index (χ4v) is 1.47. The molecular weight excluding hydrogens is 222 g/mol. The molecule has 1 N–H and O–H groups in total. The van der Waals surface area contributed by atoms with Crippen molar-refractivity contribution < 1.29 is 9.90 Å². The van der Waals surface area contributed by atoms with Gasteiger partial charge in [0.25, 0.3) is 5.56 Å². The molecule has 2 rings (SSSR count). The lowest BCUT2D eigenvalue weighted by Gasteiger charge is -2.05. The van der Waals surface area contributed by atoms with Gasteiger partial charge < -0.3 is 9.67 Å². The number of pyridine rings is 1. The monoisotopic (exact) mass is 233 g/mol. The number of aryl methyl sites for hydroxylation is 2. The molecule has 0 saturated carbocycles. The molecule has 0 aliphatic heterocycles. The number of hydrogen-bond donors (Lipinski definition) is 1. The molecule has 17 heavy (non-hydrogen) atoms. The Morgan fingerprint density at radius 1 is 1.35 bits per heavy atom. The molecule has 0 spiro atoms. The fourth-order valence-electron chi connectivity index (χ4n) is 1.47. The maximum atomic E-state index is 11.6. The number of carbonyl (C=O) groups is 1. The highest BCUT2D eigenvalue weighted by Crippen LogP contribution is 1.95. The largest absolute Gasteiger partial charge is 0.478 e. The van der Waals surface area contributed by atoms with Gasteiger partial charge in [0.05, 0.1) is 12.1 Å². The summed E-state index contributed by atoms with van der Waals surface area (Å²) in [6, 6.07) is 4.33. The highest BCUT2D eigenvalue weighted by atomic mass is 16.4. The summed E-state index contributed by atoms with van der Waals surface area (Å²) in [6.45, 7) is 1.03. The summed E-state index contributed by atoms with van der Waals surface area (Å²) in [5.41, 5.74) is -0.317. The van der Waals surface area contributed by atoms with E-state index in [0.29, 0.717) is 13.1 Å². The molecule has 0 fully saturated rings. The first-order chi connectivity index (χ1) is 8.16. The maximum absolute atomic E-state index is 11.6. The predicted molar refractivity (Wildman–Crippen MR) is 59.9 cm³/mol. The van der Waals surface area contributed by atoms with Gasteiger partial charge in [-0.05, 0) is 12.1 Å². The summed E-state index contributed by atoms with van der Waals surface area (Å²) in [4.78, 5) is 22.2. The van der Waals surface area contributed by atoms with E-state index in [1.54, 1.807) is 23.1 Å². The minimum atomic E-state index is -1.10. The van der Waals surface area contributed by atoms with Crippen LogP contribution in [-0.4, -0.2) is 25.4 Å². The molecule has 2 heterocycles. The number of nitrogens with zero attached hydrogens (tertiary/aromatic N) is 3. The van der Waals surface area contributed by atoms with Crippen LogP contribution >= 0.6 is 0 Å². The van der Waals surface area contributed by atoms with E-state index in [-0.39, 0.29) is 11.1 Å². The Kier molecular flexibility index (Phi) is 3.04. The van der Waals surface area contributed by atoms with E-state index in [9.17, 15) is 9.59 Å². The molecule has 6 nitrogen and oxygen atoms in total. The van der Waals surface area contributed by atoms with Crippen molar-refractivity contribution in [2.45, 2.75) is 13.1 Å². The first-order valence-electron chi connectivity index (χ1n) is 5.08. The molecule has 0 saturated heterocycles. The van der Waals surface area contributed by atoms with Crippen molar-refractivity contribution in [1.29, 1.82) is 0 Å². The van der Waals surface area contributed by atoms with Crippen LogP contribution in [-0.2, 0) is 13.1 Å². The fraction of sp³-hybridized carbons (Fsp3) is 0.182. The van der Waals surface area contributed by atoms with Gasteiger partial charge in [-0.1, -0.05) is 0 Å². The van der Waals surface area contributed by atoms with E-state index >= 15 is 0 Å². The molecule has 0 aliphatic rings. The number of rotatable bonds is 4. The number of aromatic nitrogens is 3. The van der Waals surface area contributed by atoms with Gasteiger partial charge in [0.1, 0.15) is 0 Å². The lowest BCUT2D eigenvalue weighted by molar-refractivity contribution is 0.0696. The third-order valence-electron chi connectivity index (χ3n) is 2.37. The van der Waals surface area contributed by atoms with Gasteiger partial charge in [-0.25, -0.2) is 4.79 Å². The molecule has 88 valence electrons. The molecule has 6 heteroatoms. The molecule has 0 aromatic carbocycles. The van der Waals surface area contributed by atoms with E-state index < -0.39 is 5.97 Å². The van der Waals surface area contributed by atoms with Crippen LogP contribution in [0.1, 0.15) is 10.4 Å². The lowest BCUT2D eigenvalue weighted by Crippen LogP contribution is -2.22. The molecule has 0 amide bonds. The van der Waals surface area contributed by atoms with E-state index in [4.69, 9.17) is 5.11 Å². The predicted octanol–water partition coefficient (Wildman–Crippen LogP) is 0.443. The third-order valence-corrected chi connectivity index (χ3v) is 2.37. The highest BCUT2D eigenvalue weighted by Gasteiger charge is 2.04. The molecule has 2 aromatic rings. The first-order valence-corrected chi connectivity index (χ1v) is 5.08. The van der Waals surface area contributed by atoms with Crippen LogP contribution < -0.4 is 5.56 Å². The van der Waals surface area contributed by atoms with Gasteiger partial charge in [0, 0.05) is 31.2 Å². The second-order valence-electron chi connectivity index (χ2n) is 3.52. The van der Waals surface area contributed by atoms with Crippen LogP contribution in [0, 0.1) is 0 Å². The molecule has 0 atom stereocenters. The van der Waals surface area contributed by atoms with Crippen LogP contribution in [0.25, 0.3) is 0 Å². The zero-order valence-corrected chi connectivity index (χ0v) is 8.98. The average molecular weight is 233 g/mol. The summed E-state index contributed by atoms with van der Waals surface area (Å²) < 4.78 is 3.16. The van der Waals surface area contributed by atoms with Crippen molar-refractivity contribution in [3.63, 3.8) is 0 Å². The first kappa shape index (κ1) is 11.1. The normalized spacial score (nSPS) is 10.4. The third kappa shape index (κ3) is 2.60. The van der Waals surface area contributed by atoms with Crippen molar-refractivity contribution >= 4 is 5.97 Å². The van der Waals surface area contributed by atoms with Crippen LogP contribution in [0.3, 0.4) is 0 Å². The Balaban J connectivity index is 2.12. The zero-order valence-electron chi connectivity index (χ0n) is 8.98. The molecule has 0 radical (unpaired) electrons. The number of aromatic carboxylic acids is 1. The SMILES string of the molecule is O=C(O)c1ccn(CCn2cccn2)c(=O)c1. The topological polar surface area (TPSA) is 77.1 Å². The molecular formula is C11H11N3O3. The van der Waals surface area contributed by atoms with Gasteiger partial charge in [0.2, 0.25) is 0 Å². The van der Waals surface area contributed by atoms with Gasteiger partial charge in [0.15, 0.2) is 0 Å². The average Bonchev–Trinajstić information content (AvgIpc) is 2.80. The van der Waals surface area contributed by atoms with Gasteiger partial charge in [-0.2, -0.15) is 5.10 Å². The zero-order chi connectivity index (χ0) is 12.3. The van der Waals surface area contributed by atoms with Crippen LogP contribution in [0.15, 0.2) is 41.6 Å². The second-order valence-corrected chi connectivity index (χ2v) is 3.52. The summed E-state index contributed by atoms with van der Waals surface area (Å²) in [5, 5.41) is 12.7. The van der Waals surface area contributed by atoms with E-state index in [1.165, 1.54) is 16.8 Å². The van der Waals surface area contributed by atoms with Crippen LogP contribution in [0.2, 0.25) is 0 Å². The summed E-state index contributed by atoms with van der Waals surface area (Å²) in [7, 11) is 0. The molecule has 0 aliphatic carbocycles. The highest BCUT2D eigenvalue weighted by molar-refractivity contribution is 5.87. The van der Waals surface area contributed by atoms with Crippen molar-refractivity contribution in [1.82, 2.24) is 14.3 Å². The Morgan fingerprint density at radius 3 is 2.76 bits per heavy atom. The van der Waals surface area contributed by atoms with Crippen LogP contribution in [0.5, 0.6) is 0 Å². The van der Waals surface area contributed by atoms with Crippen molar-refractivity contribution in [2.24, 2.45) is 0 Å². The Bertz CT molecular complexity index is 572. The number of carboxylic acid groups (broad SMARTS) is 1. The van der Waals surface area contributed by atoms with Gasteiger partial charge in [-0.15, -0.1) is 0 Å². The second kappa shape index (κ2) is 4.65. The minimum Gasteiger partial charge on any atom is -0.478 e. The van der Waals surface area contributed by atoms with Gasteiger partial charge >= 0.3 is 5.97 Å². The van der Waals surface area contributed by atoms with Crippen molar-refractivity contribution in [3.8, 4) is 0 Å². The van der Waals surface area contributed by atoms with E-state index in [2.05, 4.69) is 5.10 Å². The van der Waals surface area contributed by atoms with Crippen molar-refractivity contribution in [3.05, 3.63) is 52.7 Å². The van der Waals surface area contributed by atoms with E-state index in [0.717, 1.165) is 6.07 Å². The van der Waals surface area contributed by atoms with Crippen molar-refractivity contribution in [2.75, 3.05) is 0 Å². The van der Waals surface area contributed by atoms with E-state index in [1.807, 2.05) is 0 Å². The lowest BCUT2D eigenvalue weighted by atomic mass is 10.3. The maximum Gasteiger partial charge on any atom is 0.335 e. The number of hydrogen-bond acceptors (Lipinski definition) is 3. The molecule has 2 aromatic heterocycles. The van der Waals surface area contributed by atoms with Gasteiger partial charge in [-0.3, -0.25) is 9.48 Å². The smallest absolute Gasteiger partial charge is 0.335 e. The molecule has 0 bridgehead atoms. The summed E-state index contributed by atoms with van der Waals surface area (Å²) >= 11 is 0. The Morgan fingerprint density at radius 2 is 2.18 bits per heavy atom. The number of carboxylic acids is 1.